The maximum Gasteiger partial charge on any atom is 0.405 e. The first-order chi connectivity index (χ1) is 8.98. The van der Waals surface area contributed by atoms with E-state index in [0.29, 0.717) is 26.4 Å². The number of carboxylic acid groups (broad SMARTS) is 1. The van der Waals surface area contributed by atoms with E-state index in [0.717, 1.165) is 17.9 Å². The van der Waals surface area contributed by atoms with E-state index >= 15 is 0 Å². The largest absolute Gasteiger partial charge is 0.465 e. The van der Waals surface area contributed by atoms with Gasteiger partial charge in [0.1, 0.15) is 0 Å². The minimum Gasteiger partial charge on any atom is -0.465 e. The zero-order valence-electron chi connectivity index (χ0n) is 11.7. The second-order valence-electron chi connectivity index (χ2n) is 4.62. The summed E-state index contributed by atoms with van der Waals surface area (Å²) < 4.78 is 10.4. The van der Waals surface area contributed by atoms with Gasteiger partial charge in [0, 0.05) is 11.3 Å². The van der Waals surface area contributed by atoms with Crippen molar-refractivity contribution in [2.45, 2.75) is 25.8 Å². The topological polar surface area (TPSA) is 88.0 Å². The lowest BCUT2D eigenvalue weighted by molar-refractivity contribution is 0.0377. The lowest BCUT2D eigenvalue weighted by Gasteiger charge is -2.24. The predicted molar refractivity (Wildman–Crippen MR) is 75.9 cm³/mol. The van der Waals surface area contributed by atoms with Crippen molar-refractivity contribution in [3.63, 3.8) is 0 Å². The molecule has 0 bridgehead atoms. The SMILES string of the molecule is CC(C)(CCSCCOCCOCCO)NC(=O)O. The van der Waals surface area contributed by atoms with Gasteiger partial charge in [-0.1, -0.05) is 0 Å². The molecule has 114 valence electrons. The van der Waals surface area contributed by atoms with E-state index < -0.39 is 11.6 Å². The molecule has 0 unspecified atom stereocenters. The molecule has 0 atom stereocenters. The number of amides is 1. The highest BCUT2D eigenvalue weighted by atomic mass is 32.2. The number of hydrogen-bond acceptors (Lipinski definition) is 5. The molecule has 0 saturated carbocycles. The van der Waals surface area contributed by atoms with Gasteiger partial charge >= 0.3 is 6.09 Å². The van der Waals surface area contributed by atoms with Crippen molar-refractivity contribution in [1.82, 2.24) is 5.32 Å². The Morgan fingerprint density at radius 2 is 1.79 bits per heavy atom. The fourth-order valence-corrected chi connectivity index (χ4v) is 2.38. The summed E-state index contributed by atoms with van der Waals surface area (Å²) >= 11 is 1.74. The zero-order valence-corrected chi connectivity index (χ0v) is 12.5. The van der Waals surface area contributed by atoms with Crippen molar-refractivity contribution < 1.29 is 24.5 Å². The summed E-state index contributed by atoms with van der Waals surface area (Å²) in [5.41, 5.74) is -0.391. The second kappa shape index (κ2) is 11.3. The Bertz CT molecular complexity index is 238. The molecule has 6 nitrogen and oxygen atoms in total. The highest BCUT2D eigenvalue weighted by Gasteiger charge is 2.19. The van der Waals surface area contributed by atoms with E-state index in [4.69, 9.17) is 19.7 Å². The van der Waals surface area contributed by atoms with Crippen LogP contribution in [0, 0.1) is 0 Å². The van der Waals surface area contributed by atoms with Crippen molar-refractivity contribution in [1.29, 1.82) is 0 Å². The summed E-state index contributed by atoms with van der Waals surface area (Å²) in [5.74, 6) is 1.76. The predicted octanol–water partition coefficient (Wildman–Crippen LogP) is 1.18. The second-order valence-corrected chi connectivity index (χ2v) is 5.85. The standard InChI is InChI=1S/C12H25NO5S/c1-12(2,13-11(15)16)3-9-19-10-8-18-7-6-17-5-4-14/h13-14H,3-10H2,1-2H3,(H,15,16). The maximum absolute atomic E-state index is 10.5. The molecule has 3 N–H and O–H groups in total. The van der Waals surface area contributed by atoms with E-state index in [1.807, 2.05) is 13.8 Å². The van der Waals surface area contributed by atoms with Crippen LogP contribution in [0.15, 0.2) is 0 Å². The highest BCUT2D eigenvalue weighted by molar-refractivity contribution is 7.99. The fourth-order valence-electron chi connectivity index (χ4n) is 1.29. The Balaban J connectivity index is 3.28. The van der Waals surface area contributed by atoms with Gasteiger partial charge in [-0.3, -0.25) is 0 Å². The first kappa shape index (κ1) is 18.5. The summed E-state index contributed by atoms with van der Waals surface area (Å²) in [7, 11) is 0. The molecule has 1 amide bonds. The molecule has 0 aromatic heterocycles. The van der Waals surface area contributed by atoms with Crippen LogP contribution in [-0.2, 0) is 9.47 Å². The maximum atomic E-state index is 10.5. The number of carbonyl (C=O) groups is 1. The van der Waals surface area contributed by atoms with E-state index in [1.54, 1.807) is 11.8 Å². The zero-order chi connectivity index (χ0) is 14.6. The molecule has 0 aromatic carbocycles. The van der Waals surface area contributed by atoms with E-state index in [1.165, 1.54) is 0 Å². The molecule has 0 spiro atoms. The summed E-state index contributed by atoms with van der Waals surface area (Å²) in [6, 6.07) is 0. The van der Waals surface area contributed by atoms with Crippen molar-refractivity contribution in [3.8, 4) is 0 Å². The first-order valence-corrected chi connectivity index (χ1v) is 7.48. The molecular formula is C12H25NO5S. The van der Waals surface area contributed by atoms with Crippen LogP contribution in [0.2, 0.25) is 0 Å². The third kappa shape index (κ3) is 13.7. The van der Waals surface area contributed by atoms with Crippen LogP contribution >= 0.6 is 11.8 Å². The van der Waals surface area contributed by atoms with Gasteiger partial charge < -0.3 is 25.0 Å². The normalized spacial score (nSPS) is 11.5. The van der Waals surface area contributed by atoms with E-state index in [-0.39, 0.29) is 6.61 Å². The number of aliphatic hydroxyl groups is 1. The summed E-state index contributed by atoms with van der Waals surface area (Å²) in [6.07, 6.45) is -0.204. The molecule has 0 aliphatic heterocycles. The minimum atomic E-state index is -0.985. The van der Waals surface area contributed by atoms with Gasteiger partial charge in [0.25, 0.3) is 0 Å². The van der Waals surface area contributed by atoms with Gasteiger partial charge in [-0.25, -0.2) is 4.79 Å². The minimum absolute atomic E-state index is 0.0377. The Morgan fingerprint density at radius 1 is 1.16 bits per heavy atom. The third-order valence-electron chi connectivity index (χ3n) is 2.30. The van der Waals surface area contributed by atoms with Gasteiger partial charge in [-0.2, -0.15) is 11.8 Å². The van der Waals surface area contributed by atoms with Crippen molar-refractivity contribution in [2.24, 2.45) is 0 Å². The summed E-state index contributed by atoms with van der Waals surface area (Å²) in [4.78, 5) is 10.5. The number of rotatable bonds is 12. The molecule has 0 saturated heterocycles. The molecule has 19 heavy (non-hydrogen) atoms. The average molecular weight is 295 g/mol. The van der Waals surface area contributed by atoms with Crippen LogP contribution in [0.25, 0.3) is 0 Å². The molecule has 0 aliphatic carbocycles. The van der Waals surface area contributed by atoms with Gasteiger partial charge in [0.15, 0.2) is 0 Å². The van der Waals surface area contributed by atoms with Gasteiger partial charge in [-0.05, 0) is 26.0 Å². The molecule has 0 rings (SSSR count). The number of nitrogens with one attached hydrogen (secondary N) is 1. The molecular weight excluding hydrogens is 270 g/mol. The van der Waals surface area contributed by atoms with Crippen LogP contribution in [0.1, 0.15) is 20.3 Å². The molecule has 0 aliphatic rings. The highest BCUT2D eigenvalue weighted by Crippen LogP contribution is 2.13. The number of aliphatic hydroxyl groups excluding tert-OH is 1. The smallest absolute Gasteiger partial charge is 0.405 e. The van der Waals surface area contributed by atoms with Gasteiger partial charge in [-0.15, -0.1) is 0 Å². The van der Waals surface area contributed by atoms with Crippen molar-refractivity contribution >= 4 is 17.9 Å². The molecule has 0 heterocycles. The van der Waals surface area contributed by atoms with E-state index in [9.17, 15) is 4.79 Å². The fraction of sp³-hybridized carbons (Fsp3) is 0.917. The van der Waals surface area contributed by atoms with Crippen LogP contribution in [-0.4, -0.2) is 66.4 Å². The average Bonchev–Trinajstić information content (AvgIpc) is 2.30. The van der Waals surface area contributed by atoms with Gasteiger partial charge in [0.05, 0.1) is 33.0 Å². The molecule has 0 fully saturated rings. The number of hydrogen-bond donors (Lipinski definition) is 3. The van der Waals surface area contributed by atoms with Gasteiger partial charge in [0.2, 0.25) is 0 Å². The molecule has 7 heteroatoms. The molecule has 0 radical (unpaired) electrons. The third-order valence-corrected chi connectivity index (χ3v) is 3.24. The monoisotopic (exact) mass is 295 g/mol. The van der Waals surface area contributed by atoms with Crippen LogP contribution in [0.5, 0.6) is 0 Å². The Morgan fingerprint density at radius 3 is 2.37 bits per heavy atom. The molecule has 0 aromatic rings. The quantitative estimate of drug-likeness (QED) is 0.469. The summed E-state index contributed by atoms with van der Waals surface area (Å²) in [5, 5.41) is 19.6. The van der Waals surface area contributed by atoms with Crippen LogP contribution < -0.4 is 5.32 Å². The van der Waals surface area contributed by atoms with E-state index in [2.05, 4.69) is 5.32 Å². The van der Waals surface area contributed by atoms with Crippen molar-refractivity contribution in [2.75, 3.05) is 44.5 Å². The number of thioether (sulfide) groups is 1. The lowest BCUT2D eigenvalue weighted by atomic mass is 10.0. The van der Waals surface area contributed by atoms with Crippen LogP contribution in [0.3, 0.4) is 0 Å². The Kier molecular flexibility index (Phi) is 11.0. The first-order valence-electron chi connectivity index (χ1n) is 6.33. The Labute approximate surface area is 118 Å². The Hall–Kier alpha value is -0.500. The lowest BCUT2D eigenvalue weighted by Crippen LogP contribution is -2.43. The van der Waals surface area contributed by atoms with Crippen molar-refractivity contribution in [3.05, 3.63) is 0 Å². The summed E-state index contributed by atoms with van der Waals surface area (Å²) in [6.45, 7) is 5.82. The number of ether oxygens (including phenoxy) is 2. The van der Waals surface area contributed by atoms with Crippen LogP contribution in [0.4, 0.5) is 4.79 Å².